The lowest BCUT2D eigenvalue weighted by atomic mass is 10.1. The van der Waals surface area contributed by atoms with Crippen molar-refractivity contribution in [2.45, 2.75) is 18.2 Å². The lowest BCUT2D eigenvalue weighted by molar-refractivity contribution is -0.121. The van der Waals surface area contributed by atoms with Crippen molar-refractivity contribution in [3.05, 3.63) is 114 Å². The molecule has 0 heterocycles. The van der Waals surface area contributed by atoms with Crippen molar-refractivity contribution < 1.29 is 32.3 Å². The minimum Gasteiger partial charge on any atom is -0.497 e. The molecule has 0 saturated carbocycles. The molecule has 0 aliphatic rings. The van der Waals surface area contributed by atoms with E-state index in [0.29, 0.717) is 34.9 Å². The lowest BCUT2D eigenvalue weighted by Crippen LogP contribution is -2.40. The van der Waals surface area contributed by atoms with Crippen molar-refractivity contribution >= 4 is 45.3 Å². The molecule has 0 aliphatic carbocycles. The van der Waals surface area contributed by atoms with Crippen molar-refractivity contribution in [3.63, 3.8) is 0 Å². The van der Waals surface area contributed by atoms with Crippen molar-refractivity contribution in [1.82, 2.24) is 9.73 Å². The predicted molar refractivity (Wildman–Crippen MR) is 179 cm³/mol. The molecule has 244 valence electrons. The van der Waals surface area contributed by atoms with Gasteiger partial charge in [0.1, 0.15) is 11.5 Å². The average Bonchev–Trinajstić information content (AvgIpc) is 3.07. The van der Waals surface area contributed by atoms with Crippen molar-refractivity contribution in [2.24, 2.45) is 5.10 Å². The van der Waals surface area contributed by atoms with Crippen molar-refractivity contribution in [3.8, 4) is 11.5 Å². The number of hydrogen-bond acceptors (Lipinski definition) is 8. The van der Waals surface area contributed by atoms with Crippen LogP contribution in [-0.4, -0.2) is 63.5 Å². The summed E-state index contributed by atoms with van der Waals surface area (Å²) in [7, 11) is -2.50. The molecular weight excluding hydrogens is 622 g/mol. The van der Waals surface area contributed by atoms with Gasteiger partial charge in [-0.05, 0) is 90.3 Å². The van der Waals surface area contributed by atoms with E-state index in [-0.39, 0.29) is 29.9 Å². The van der Waals surface area contributed by atoms with E-state index in [2.05, 4.69) is 21.2 Å². The summed E-state index contributed by atoms with van der Waals surface area (Å²) in [4.78, 5) is 36.4. The van der Waals surface area contributed by atoms with E-state index >= 15 is 0 Å². The lowest BCUT2D eigenvalue weighted by Gasteiger charge is -2.21. The Hall–Kier alpha value is -5.53. The second-order valence-corrected chi connectivity index (χ2v) is 12.1. The van der Waals surface area contributed by atoms with Crippen LogP contribution >= 0.6 is 0 Å². The second kappa shape index (κ2) is 16.7. The molecule has 0 bridgehead atoms. The Labute approximate surface area is 273 Å². The van der Waals surface area contributed by atoms with Crippen LogP contribution in [0, 0.1) is 0 Å². The van der Waals surface area contributed by atoms with Gasteiger partial charge in [0.2, 0.25) is 15.9 Å². The van der Waals surface area contributed by atoms with Crippen LogP contribution in [0.5, 0.6) is 11.5 Å². The summed E-state index contributed by atoms with van der Waals surface area (Å²) in [5.74, 6) is -0.0991. The van der Waals surface area contributed by atoms with E-state index in [1.54, 1.807) is 55.6 Å². The minimum absolute atomic E-state index is 0.0171. The molecule has 0 aliphatic heterocycles. The minimum atomic E-state index is -4.07. The number of carbonyl (C=O) groups is 3. The Morgan fingerprint density at radius 1 is 0.787 bits per heavy atom. The summed E-state index contributed by atoms with van der Waals surface area (Å²) in [5, 5.41) is 9.30. The molecule has 0 atom stereocenters. The first-order valence-corrected chi connectivity index (χ1v) is 16.0. The molecule has 3 amide bonds. The van der Waals surface area contributed by atoms with Gasteiger partial charge in [0.15, 0.2) is 6.61 Å². The number of ether oxygens (including phenoxy) is 2. The van der Waals surface area contributed by atoms with Crippen LogP contribution in [0.2, 0.25) is 0 Å². The summed E-state index contributed by atoms with van der Waals surface area (Å²) in [6.07, 6.45) is 1.79. The summed E-state index contributed by atoms with van der Waals surface area (Å²) in [5.41, 5.74) is 5.00. The fourth-order valence-electron chi connectivity index (χ4n) is 4.29. The average molecular weight is 658 g/mol. The van der Waals surface area contributed by atoms with E-state index in [4.69, 9.17) is 9.47 Å². The van der Waals surface area contributed by atoms with Crippen LogP contribution in [0.15, 0.2) is 113 Å². The smallest absolute Gasteiger partial charge is 0.262 e. The number of anilines is 2. The predicted octanol–water partition coefficient (Wildman–Crippen LogP) is 4.05. The van der Waals surface area contributed by atoms with Gasteiger partial charge in [-0.1, -0.05) is 30.3 Å². The fourth-order valence-corrected chi connectivity index (χ4v) is 5.69. The van der Waals surface area contributed by atoms with E-state index < -0.39 is 22.5 Å². The molecule has 13 heteroatoms. The van der Waals surface area contributed by atoms with Gasteiger partial charge in [-0.25, -0.2) is 13.8 Å². The zero-order chi connectivity index (χ0) is 33.6. The van der Waals surface area contributed by atoms with E-state index in [1.807, 2.05) is 30.3 Å². The van der Waals surface area contributed by atoms with Crippen LogP contribution in [0.1, 0.15) is 18.1 Å². The Morgan fingerprint density at radius 3 is 2.04 bits per heavy atom. The van der Waals surface area contributed by atoms with Crippen LogP contribution in [0.4, 0.5) is 11.4 Å². The molecule has 3 N–H and O–H groups in total. The zero-order valence-corrected chi connectivity index (χ0v) is 26.7. The van der Waals surface area contributed by atoms with Gasteiger partial charge >= 0.3 is 0 Å². The topological polar surface area (TPSA) is 156 Å². The number of rotatable bonds is 15. The Kier molecular flexibility index (Phi) is 12.2. The van der Waals surface area contributed by atoms with Gasteiger partial charge in [-0.15, -0.1) is 0 Å². The largest absolute Gasteiger partial charge is 0.497 e. The highest BCUT2D eigenvalue weighted by atomic mass is 32.2. The van der Waals surface area contributed by atoms with Gasteiger partial charge < -0.3 is 20.1 Å². The SMILES string of the molecule is COc1ccc(NC(=O)COc2ccc(/C=N/NC(=O)CN(CCc3ccccc3)S(=O)(=O)c3ccc(NC(C)=O)cc3)cc2)cc1. The van der Waals surface area contributed by atoms with E-state index in [0.717, 1.165) is 9.87 Å². The van der Waals surface area contributed by atoms with E-state index in [9.17, 15) is 22.8 Å². The third-order valence-electron chi connectivity index (χ3n) is 6.65. The molecule has 12 nitrogen and oxygen atoms in total. The molecule has 0 aromatic heterocycles. The number of nitrogens with one attached hydrogen (secondary N) is 3. The number of nitrogens with zero attached hydrogens (tertiary/aromatic N) is 2. The van der Waals surface area contributed by atoms with Crippen LogP contribution < -0.4 is 25.5 Å². The highest BCUT2D eigenvalue weighted by molar-refractivity contribution is 7.89. The molecule has 47 heavy (non-hydrogen) atoms. The van der Waals surface area contributed by atoms with Crippen LogP contribution in [0.3, 0.4) is 0 Å². The Morgan fingerprint density at radius 2 is 1.40 bits per heavy atom. The van der Waals surface area contributed by atoms with Crippen LogP contribution in [0.25, 0.3) is 0 Å². The number of amides is 3. The van der Waals surface area contributed by atoms with Gasteiger partial charge in [0, 0.05) is 24.8 Å². The molecule has 4 rings (SSSR count). The summed E-state index contributed by atoms with van der Waals surface area (Å²) in [6.45, 7) is 0.746. The highest BCUT2D eigenvalue weighted by Gasteiger charge is 2.26. The first kappa shape index (κ1) is 34.3. The monoisotopic (exact) mass is 657 g/mol. The third-order valence-corrected chi connectivity index (χ3v) is 8.51. The molecule has 0 saturated heterocycles. The second-order valence-electron chi connectivity index (χ2n) is 10.2. The maximum Gasteiger partial charge on any atom is 0.262 e. The number of methoxy groups -OCH3 is 1. The van der Waals surface area contributed by atoms with Gasteiger partial charge in [0.25, 0.3) is 11.8 Å². The third kappa shape index (κ3) is 10.8. The Balaban J connectivity index is 1.32. The zero-order valence-electron chi connectivity index (χ0n) is 25.9. The molecular formula is C34H35N5O7S. The molecule has 0 spiro atoms. The number of hydrogen-bond donors (Lipinski definition) is 3. The fraction of sp³-hybridized carbons (Fsp3) is 0.176. The van der Waals surface area contributed by atoms with Gasteiger partial charge in [0.05, 0.1) is 24.8 Å². The molecule has 0 unspecified atom stereocenters. The van der Waals surface area contributed by atoms with E-state index in [1.165, 1.54) is 37.4 Å². The quantitative estimate of drug-likeness (QED) is 0.129. The standard InChI is InChI=1S/C34H35N5O7S/c1-25(40)36-28-12-18-32(19-13-28)47(43,44)39(21-20-26-6-4-3-5-7-26)23-33(41)38-35-22-27-8-14-31(15-9-27)46-24-34(42)37-29-10-16-30(45-2)17-11-29/h3-19,22H,20-21,23-24H2,1-2H3,(H,36,40)(H,37,42)(H,38,41)/b35-22+. The van der Waals surface area contributed by atoms with Crippen molar-refractivity contribution in [2.75, 3.05) is 37.4 Å². The van der Waals surface area contributed by atoms with Gasteiger partial charge in [-0.2, -0.15) is 9.41 Å². The number of hydrazone groups is 1. The molecule has 0 fully saturated rings. The van der Waals surface area contributed by atoms with Crippen molar-refractivity contribution in [1.29, 1.82) is 0 Å². The highest BCUT2D eigenvalue weighted by Crippen LogP contribution is 2.20. The first-order chi connectivity index (χ1) is 22.6. The number of carbonyl (C=O) groups excluding carboxylic acids is 3. The normalized spacial score (nSPS) is 11.2. The summed E-state index contributed by atoms with van der Waals surface area (Å²) in [6, 6.07) is 28.7. The Bertz CT molecular complexity index is 1780. The number of sulfonamides is 1. The molecule has 0 radical (unpaired) electrons. The first-order valence-electron chi connectivity index (χ1n) is 14.5. The van der Waals surface area contributed by atoms with Crippen LogP contribution in [-0.2, 0) is 30.8 Å². The number of benzene rings is 4. The molecule has 4 aromatic rings. The summed E-state index contributed by atoms with van der Waals surface area (Å²) < 4.78 is 38.8. The van der Waals surface area contributed by atoms with Gasteiger partial charge in [-0.3, -0.25) is 14.4 Å². The summed E-state index contributed by atoms with van der Waals surface area (Å²) >= 11 is 0. The maximum atomic E-state index is 13.5. The molecule has 4 aromatic carbocycles. The maximum absolute atomic E-state index is 13.5.